The lowest BCUT2D eigenvalue weighted by Crippen LogP contribution is -2.33. The molecule has 2 aromatic carbocycles. The van der Waals surface area contributed by atoms with Crippen LogP contribution in [-0.4, -0.2) is 30.6 Å². The lowest BCUT2D eigenvalue weighted by Gasteiger charge is -2.24. The smallest absolute Gasteiger partial charge is 0.106 e. The third-order valence-corrected chi connectivity index (χ3v) is 3.51. The van der Waals surface area contributed by atoms with Crippen molar-refractivity contribution >= 4 is 10.9 Å². The number of hydrogen-bond acceptors (Lipinski definition) is 0. The van der Waals surface area contributed by atoms with Gasteiger partial charge in [-0.05, 0) is 11.6 Å². The first-order valence-corrected chi connectivity index (χ1v) is 7.00. The van der Waals surface area contributed by atoms with Crippen LogP contribution in [0.25, 0.3) is 22.2 Å². The van der Waals surface area contributed by atoms with Crippen LogP contribution in [0.3, 0.4) is 0 Å². The van der Waals surface area contributed by atoms with Crippen LogP contribution in [0.5, 0.6) is 0 Å². The highest BCUT2D eigenvalue weighted by atomic mass is 15.3. The minimum atomic E-state index is 0.918. The summed E-state index contributed by atoms with van der Waals surface area (Å²) in [6.45, 7) is 1.01. The first-order chi connectivity index (χ1) is 9.54. The maximum absolute atomic E-state index is 3.59. The number of hydrogen-bond donors (Lipinski definition) is 1. The number of aromatic amines is 1. The zero-order valence-corrected chi connectivity index (χ0v) is 12.4. The Morgan fingerprint density at radius 2 is 1.50 bits per heavy atom. The summed E-state index contributed by atoms with van der Waals surface area (Å²) in [4.78, 5) is 3.59. The standard InChI is InChI=1S/C18H21N2/c1-20(2,3)13-16-15-11-7-8-12-17(15)19-18(16)14-9-5-4-6-10-14/h4-12,19H,13H2,1-3H3/q+1. The van der Waals surface area contributed by atoms with Gasteiger partial charge >= 0.3 is 0 Å². The first kappa shape index (κ1) is 12.9. The predicted octanol–water partition coefficient (Wildman–Crippen LogP) is 4.04. The SMILES string of the molecule is C[N+](C)(C)Cc1c(-c2ccccc2)[nH]c2ccccc12. The highest BCUT2D eigenvalue weighted by Gasteiger charge is 2.18. The van der Waals surface area contributed by atoms with Gasteiger partial charge in [0.1, 0.15) is 6.54 Å². The van der Waals surface area contributed by atoms with Crippen molar-refractivity contribution in [2.24, 2.45) is 0 Å². The molecule has 2 heteroatoms. The molecule has 3 aromatic rings. The molecule has 0 aliphatic rings. The molecule has 0 aliphatic carbocycles. The maximum atomic E-state index is 3.59. The summed E-state index contributed by atoms with van der Waals surface area (Å²) in [5.41, 5.74) is 5.13. The zero-order chi connectivity index (χ0) is 14.2. The molecule has 1 heterocycles. The Hall–Kier alpha value is -2.06. The molecule has 1 aromatic heterocycles. The highest BCUT2D eigenvalue weighted by molar-refractivity contribution is 5.90. The normalized spacial score (nSPS) is 11.9. The topological polar surface area (TPSA) is 15.8 Å². The van der Waals surface area contributed by atoms with E-state index < -0.39 is 0 Å². The predicted molar refractivity (Wildman–Crippen MR) is 85.5 cm³/mol. The first-order valence-electron chi connectivity index (χ1n) is 7.00. The summed E-state index contributed by atoms with van der Waals surface area (Å²) in [6, 6.07) is 19.2. The molecule has 0 amide bonds. The van der Waals surface area contributed by atoms with Crippen LogP contribution >= 0.6 is 0 Å². The highest BCUT2D eigenvalue weighted by Crippen LogP contribution is 2.31. The van der Waals surface area contributed by atoms with Crippen molar-refractivity contribution in [1.29, 1.82) is 0 Å². The maximum Gasteiger partial charge on any atom is 0.106 e. The molecule has 3 rings (SSSR count). The molecule has 0 saturated heterocycles. The van der Waals surface area contributed by atoms with Crippen LogP contribution in [-0.2, 0) is 6.54 Å². The number of benzene rings is 2. The summed E-state index contributed by atoms with van der Waals surface area (Å²) >= 11 is 0. The van der Waals surface area contributed by atoms with Crippen LogP contribution in [0, 0.1) is 0 Å². The average Bonchev–Trinajstić information content (AvgIpc) is 2.77. The van der Waals surface area contributed by atoms with E-state index in [1.165, 1.54) is 27.7 Å². The Balaban J connectivity index is 2.23. The molecule has 2 nitrogen and oxygen atoms in total. The van der Waals surface area contributed by atoms with Crippen molar-refractivity contribution in [2.75, 3.05) is 21.1 Å². The second-order valence-corrected chi connectivity index (χ2v) is 6.34. The van der Waals surface area contributed by atoms with Crippen molar-refractivity contribution in [3.63, 3.8) is 0 Å². The lowest BCUT2D eigenvalue weighted by molar-refractivity contribution is -0.883. The number of fused-ring (bicyclic) bond motifs is 1. The number of rotatable bonds is 3. The molecule has 0 radical (unpaired) electrons. The molecule has 0 aliphatic heterocycles. The van der Waals surface area contributed by atoms with Gasteiger partial charge in [-0.25, -0.2) is 0 Å². The molecule has 1 N–H and O–H groups in total. The summed E-state index contributed by atoms with van der Waals surface area (Å²) in [5.74, 6) is 0. The molecule has 102 valence electrons. The van der Waals surface area contributed by atoms with Crippen LogP contribution in [0.15, 0.2) is 54.6 Å². The zero-order valence-electron chi connectivity index (χ0n) is 12.4. The van der Waals surface area contributed by atoms with Gasteiger partial charge in [-0.15, -0.1) is 0 Å². The Bertz CT molecular complexity index is 718. The van der Waals surface area contributed by atoms with E-state index in [-0.39, 0.29) is 0 Å². The van der Waals surface area contributed by atoms with E-state index in [2.05, 4.69) is 80.7 Å². The Morgan fingerprint density at radius 1 is 0.850 bits per heavy atom. The molecule has 0 spiro atoms. The Morgan fingerprint density at radius 3 is 2.20 bits per heavy atom. The minimum absolute atomic E-state index is 0.918. The van der Waals surface area contributed by atoms with Gasteiger partial charge in [0.2, 0.25) is 0 Å². The quantitative estimate of drug-likeness (QED) is 0.688. The molecule has 20 heavy (non-hydrogen) atoms. The molecule has 0 bridgehead atoms. The molecule has 0 atom stereocenters. The van der Waals surface area contributed by atoms with E-state index in [1.807, 2.05) is 0 Å². The van der Waals surface area contributed by atoms with Crippen LogP contribution in [0.2, 0.25) is 0 Å². The fraction of sp³-hybridized carbons (Fsp3) is 0.222. The van der Waals surface area contributed by atoms with Gasteiger partial charge in [0, 0.05) is 16.5 Å². The summed E-state index contributed by atoms with van der Waals surface area (Å²) < 4.78 is 0.918. The number of quaternary nitrogens is 1. The number of aromatic nitrogens is 1. The van der Waals surface area contributed by atoms with Crippen LogP contribution < -0.4 is 0 Å². The monoisotopic (exact) mass is 265 g/mol. The van der Waals surface area contributed by atoms with Gasteiger partial charge < -0.3 is 9.47 Å². The van der Waals surface area contributed by atoms with E-state index in [0.717, 1.165) is 11.0 Å². The summed E-state index contributed by atoms with van der Waals surface area (Å²) in [7, 11) is 6.70. The molecular formula is C18H21N2+. The van der Waals surface area contributed by atoms with E-state index >= 15 is 0 Å². The summed E-state index contributed by atoms with van der Waals surface area (Å²) in [6.07, 6.45) is 0. The van der Waals surface area contributed by atoms with Gasteiger partial charge in [-0.1, -0.05) is 48.5 Å². The van der Waals surface area contributed by atoms with Crippen molar-refractivity contribution < 1.29 is 4.48 Å². The lowest BCUT2D eigenvalue weighted by atomic mass is 10.0. The fourth-order valence-corrected chi connectivity index (χ4v) is 2.69. The van der Waals surface area contributed by atoms with Crippen molar-refractivity contribution in [3.8, 4) is 11.3 Å². The van der Waals surface area contributed by atoms with Gasteiger partial charge in [0.15, 0.2) is 0 Å². The van der Waals surface area contributed by atoms with Gasteiger partial charge in [0.05, 0.1) is 26.8 Å². The fourth-order valence-electron chi connectivity index (χ4n) is 2.69. The molecule has 0 fully saturated rings. The van der Waals surface area contributed by atoms with Crippen LogP contribution in [0.4, 0.5) is 0 Å². The number of nitrogens with zero attached hydrogens (tertiary/aromatic N) is 1. The number of nitrogens with one attached hydrogen (secondary N) is 1. The van der Waals surface area contributed by atoms with Gasteiger partial charge in [-0.3, -0.25) is 0 Å². The number of H-pyrrole nitrogens is 1. The number of para-hydroxylation sites is 1. The molecule has 0 unspecified atom stereocenters. The van der Waals surface area contributed by atoms with E-state index in [1.54, 1.807) is 0 Å². The third kappa shape index (κ3) is 2.47. The third-order valence-electron chi connectivity index (χ3n) is 3.51. The van der Waals surface area contributed by atoms with Gasteiger partial charge in [0.25, 0.3) is 0 Å². The largest absolute Gasteiger partial charge is 0.354 e. The second kappa shape index (κ2) is 4.80. The van der Waals surface area contributed by atoms with Crippen molar-refractivity contribution in [2.45, 2.75) is 6.54 Å². The second-order valence-electron chi connectivity index (χ2n) is 6.34. The van der Waals surface area contributed by atoms with Crippen molar-refractivity contribution in [3.05, 3.63) is 60.2 Å². The Labute approximate surface area is 120 Å². The van der Waals surface area contributed by atoms with E-state index in [0.29, 0.717) is 0 Å². The van der Waals surface area contributed by atoms with Crippen LogP contribution in [0.1, 0.15) is 5.56 Å². The molecule has 0 saturated carbocycles. The van der Waals surface area contributed by atoms with Gasteiger partial charge in [-0.2, -0.15) is 0 Å². The summed E-state index contributed by atoms with van der Waals surface area (Å²) in [5, 5.41) is 1.33. The van der Waals surface area contributed by atoms with E-state index in [9.17, 15) is 0 Å². The Kier molecular flexibility index (Phi) is 3.11. The van der Waals surface area contributed by atoms with E-state index in [4.69, 9.17) is 0 Å². The average molecular weight is 265 g/mol. The minimum Gasteiger partial charge on any atom is -0.354 e. The molecular weight excluding hydrogens is 244 g/mol. The van der Waals surface area contributed by atoms with Crippen molar-refractivity contribution in [1.82, 2.24) is 4.98 Å².